The van der Waals surface area contributed by atoms with Gasteiger partial charge < -0.3 is 14.2 Å². The van der Waals surface area contributed by atoms with Gasteiger partial charge in [-0.1, -0.05) is 223 Å². The lowest BCUT2D eigenvalue weighted by Crippen LogP contribution is -2.30. The summed E-state index contributed by atoms with van der Waals surface area (Å²) >= 11 is 0. The van der Waals surface area contributed by atoms with Gasteiger partial charge in [0.25, 0.3) is 0 Å². The number of ether oxygens (including phenoxy) is 3. The maximum atomic E-state index is 12.8. The zero-order valence-corrected chi connectivity index (χ0v) is 41.8. The predicted octanol–water partition coefficient (Wildman–Crippen LogP) is 17.9. The number of esters is 3. The van der Waals surface area contributed by atoms with E-state index in [1.54, 1.807) is 0 Å². The molecule has 6 heteroatoms. The van der Waals surface area contributed by atoms with Gasteiger partial charge in [-0.05, 0) is 83.5 Å². The van der Waals surface area contributed by atoms with E-state index in [0.29, 0.717) is 19.3 Å². The molecule has 0 aromatic heterocycles. The first-order valence-corrected chi connectivity index (χ1v) is 27.1. The molecule has 0 aromatic rings. The van der Waals surface area contributed by atoms with Crippen LogP contribution in [0.3, 0.4) is 0 Å². The molecule has 63 heavy (non-hydrogen) atoms. The van der Waals surface area contributed by atoms with Gasteiger partial charge in [0.2, 0.25) is 0 Å². The van der Waals surface area contributed by atoms with Crippen molar-refractivity contribution in [2.45, 2.75) is 284 Å². The number of unbranched alkanes of at least 4 members (excludes halogenated alkanes) is 30. The van der Waals surface area contributed by atoms with Gasteiger partial charge in [-0.2, -0.15) is 0 Å². The summed E-state index contributed by atoms with van der Waals surface area (Å²) in [5.74, 6) is -0.888. The van der Waals surface area contributed by atoms with Crippen LogP contribution >= 0.6 is 0 Å². The van der Waals surface area contributed by atoms with Crippen molar-refractivity contribution < 1.29 is 28.6 Å². The van der Waals surface area contributed by atoms with E-state index in [-0.39, 0.29) is 31.1 Å². The van der Waals surface area contributed by atoms with Gasteiger partial charge in [0.1, 0.15) is 13.2 Å². The minimum absolute atomic E-state index is 0.0771. The van der Waals surface area contributed by atoms with Crippen molar-refractivity contribution in [2.75, 3.05) is 13.2 Å². The van der Waals surface area contributed by atoms with Gasteiger partial charge in [0.05, 0.1) is 0 Å². The Morgan fingerprint density at radius 3 is 0.937 bits per heavy atom. The third-order valence-electron chi connectivity index (χ3n) is 11.8. The molecule has 0 heterocycles. The van der Waals surface area contributed by atoms with Crippen molar-refractivity contribution in [3.63, 3.8) is 0 Å². The van der Waals surface area contributed by atoms with Gasteiger partial charge in [-0.3, -0.25) is 14.4 Å². The van der Waals surface area contributed by atoms with Crippen molar-refractivity contribution in [1.82, 2.24) is 0 Å². The van der Waals surface area contributed by atoms with Crippen molar-refractivity contribution in [2.24, 2.45) is 0 Å². The van der Waals surface area contributed by atoms with Gasteiger partial charge in [0, 0.05) is 19.3 Å². The van der Waals surface area contributed by atoms with Gasteiger partial charge in [0.15, 0.2) is 6.10 Å². The summed E-state index contributed by atoms with van der Waals surface area (Å²) in [6, 6.07) is 0. The Morgan fingerprint density at radius 1 is 0.317 bits per heavy atom. The molecule has 0 radical (unpaired) electrons. The normalized spacial score (nSPS) is 12.4. The van der Waals surface area contributed by atoms with Crippen LogP contribution in [0, 0.1) is 0 Å². The fourth-order valence-corrected chi connectivity index (χ4v) is 7.68. The lowest BCUT2D eigenvalue weighted by Gasteiger charge is -2.18. The number of rotatable bonds is 49. The molecule has 366 valence electrons. The molecule has 0 aromatic carbocycles. The molecular formula is C57H102O6. The Kier molecular flexibility index (Phi) is 49.8. The Hall–Kier alpha value is -2.63. The van der Waals surface area contributed by atoms with Gasteiger partial charge in [-0.15, -0.1) is 0 Å². The van der Waals surface area contributed by atoms with Crippen molar-refractivity contribution in [3.05, 3.63) is 48.6 Å². The number of hydrogen-bond donors (Lipinski definition) is 0. The van der Waals surface area contributed by atoms with Crippen molar-refractivity contribution >= 4 is 17.9 Å². The average Bonchev–Trinajstić information content (AvgIpc) is 3.28. The molecule has 0 unspecified atom stereocenters. The van der Waals surface area contributed by atoms with Crippen LogP contribution in [0.15, 0.2) is 48.6 Å². The highest BCUT2D eigenvalue weighted by molar-refractivity contribution is 5.71. The molecule has 0 aliphatic rings. The van der Waals surface area contributed by atoms with E-state index in [1.807, 2.05) is 0 Å². The molecule has 0 N–H and O–H groups in total. The van der Waals surface area contributed by atoms with Crippen LogP contribution in [0.1, 0.15) is 278 Å². The second-order valence-electron chi connectivity index (χ2n) is 18.1. The largest absolute Gasteiger partial charge is 0.462 e. The molecule has 0 fully saturated rings. The van der Waals surface area contributed by atoms with Crippen LogP contribution in [0.25, 0.3) is 0 Å². The zero-order chi connectivity index (χ0) is 45.8. The predicted molar refractivity (Wildman–Crippen MR) is 270 cm³/mol. The smallest absolute Gasteiger partial charge is 0.306 e. The number of allylic oxidation sites excluding steroid dienone is 8. The lowest BCUT2D eigenvalue weighted by atomic mass is 10.1. The Balaban J connectivity index is 4.32. The van der Waals surface area contributed by atoms with Crippen LogP contribution in [-0.2, 0) is 28.6 Å². The monoisotopic (exact) mass is 883 g/mol. The van der Waals surface area contributed by atoms with Crippen LogP contribution in [-0.4, -0.2) is 37.2 Å². The SMILES string of the molecule is CCCCC/C=C\C/C=C\C/C=C\CCCCCCCCC(=O)OC[C@@H](COC(=O)CCCCCCCCCCC)OC(=O)CCCCCCCCC/C=C\CCCCCCCC. The maximum absolute atomic E-state index is 12.8. The first-order chi connectivity index (χ1) is 31.0. The number of carbonyl (C=O) groups excluding carboxylic acids is 3. The second kappa shape index (κ2) is 52.0. The summed E-state index contributed by atoms with van der Waals surface area (Å²) < 4.78 is 16.8. The molecule has 0 saturated carbocycles. The fourth-order valence-electron chi connectivity index (χ4n) is 7.68. The molecule has 0 spiro atoms. The summed E-state index contributed by atoms with van der Waals surface area (Å²) in [4.78, 5) is 38.0. The molecule has 0 aliphatic heterocycles. The first kappa shape index (κ1) is 60.4. The first-order valence-electron chi connectivity index (χ1n) is 27.1. The van der Waals surface area contributed by atoms with Crippen molar-refractivity contribution in [1.29, 1.82) is 0 Å². The summed E-state index contributed by atoms with van der Waals surface area (Å²) in [5.41, 5.74) is 0. The topological polar surface area (TPSA) is 78.9 Å². The Labute approximate surface area is 390 Å². The highest BCUT2D eigenvalue weighted by Gasteiger charge is 2.19. The van der Waals surface area contributed by atoms with E-state index in [2.05, 4.69) is 69.4 Å². The van der Waals surface area contributed by atoms with E-state index in [0.717, 1.165) is 77.0 Å². The summed E-state index contributed by atoms with van der Waals surface area (Å²) in [6.07, 6.45) is 62.4. The molecule has 0 amide bonds. The minimum atomic E-state index is -0.777. The van der Waals surface area contributed by atoms with Crippen LogP contribution < -0.4 is 0 Å². The number of carbonyl (C=O) groups is 3. The third-order valence-corrected chi connectivity index (χ3v) is 11.8. The fraction of sp³-hybridized carbons (Fsp3) is 0.807. The van der Waals surface area contributed by atoms with E-state index in [1.165, 1.54) is 161 Å². The number of hydrogen-bond acceptors (Lipinski definition) is 6. The minimum Gasteiger partial charge on any atom is -0.462 e. The Morgan fingerprint density at radius 2 is 0.571 bits per heavy atom. The van der Waals surface area contributed by atoms with E-state index in [9.17, 15) is 14.4 Å². The maximum Gasteiger partial charge on any atom is 0.306 e. The molecule has 1 atom stereocenters. The third kappa shape index (κ3) is 50.2. The zero-order valence-electron chi connectivity index (χ0n) is 41.8. The molecule has 6 nitrogen and oxygen atoms in total. The quantitative estimate of drug-likeness (QED) is 0.0262. The average molecular weight is 883 g/mol. The van der Waals surface area contributed by atoms with Gasteiger partial charge >= 0.3 is 17.9 Å². The van der Waals surface area contributed by atoms with Crippen molar-refractivity contribution in [3.8, 4) is 0 Å². The van der Waals surface area contributed by atoms with E-state index < -0.39 is 6.10 Å². The molecule has 0 bridgehead atoms. The van der Waals surface area contributed by atoms with E-state index >= 15 is 0 Å². The van der Waals surface area contributed by atoms with Gasteiger partial charge in [-0.25, -0.2) is 0 Å². The molecule has 0 saturated heterocycles. The van der Waals surface area contributed by atoms with Crippen LogP contribution in [0.4, 0.5) is 0 Å². The summed E-state index contributed by atoms with van der Waals surface area (Å²) in [7, 11) is 0. The Bertz CT molecular complexity index is 1110. The highest BCUT2D eigenvalue weighted by atomic mass is 16.6. The summed E-state index contributed by atoms with van der Waals surface area (Å²) in [6.45, 7) is 6.59. The standard InChI is InChI=1S/C57H102O6/c1-4-7-10-13-16-19-21-23-25-27-28-30-31-33-35-38-41-44-47-50-56(59)62-53-54(52-61-55(58)49-46-43-40-37-18-15-12-9-6-3)63-57(60)51-48-45-42-39-36-34-32-29-26-24-22-20-17-14-11-8-5-2/h16,19,23-26,28,30,54H,4-15,17-18,20-22,27,29,31-53H2,1-3H3/b19-16-,25-23-,26-24-,30-28-/t54-/m1/s1. The summed E-state index contributed by atoms with van der Waals surface area (Å²) in [5, 5.41) is 0. The lowest BCUT2D eigenvalue weighted by molar-refractivity contribution is -0.167. The second-order valence-corrected chi connectivity index (χ2v) is 18.1. The van der Waals surface area contributed by atoms with Crippen LogP contribution in [0.5, 0.6) is 0 Å². The highest BCUT2D eigenvalue weighted by Crippen LogP contribution is 2.15. The molecule has 0 rings (SSSR count). The molecule has 0 aliphatic carbocycles. The van der Waals surface area contributed by atoms with Crippen LogP contribution in [0.2, 0.25) is 0 Å². The molecular weight excluding hydrogens is 781 g/mol. The van der Waals surface area contributed by atoms with E-state index in [4.69, 9.17) is 14.2 Å².